The van der Waals surface area contributed by atoms with Crippen LogP contribution in [-0.2, 0) is 0 Å². The standard InChI is InChI=1S/C12H14Cl2N2/c1-3-16(4-2)12(8-15)9-5-6-10(13)11(14)7-9/h5-7,12H,3-4H2,1-2H3/t12-/m0/s1. The average Bonchev–Trinajstić information content (AvgIpc) is 2.29. The minimum absolute atomic E-state index is 0.259. The molecule has 86 valence electrons. The van der Waals surface area contributed by atoms with Crippen LogP contribution in [0.4, 0.5) is 0 Å². The highest BCUT2D eigenvalue weighted by Crippen LogP contribution is 2.27. The molecular weight excluding hydrogens is 243 g/mol. The first-order valence-corrected chi connectivity index (χ1v) is 5.98. The average molecular weight is 257 g/mol. The molecule has 0 aromatic heterocycles. The molecule has 0 aliphatic heterocycles. The van der Waals surface area contributed by atoms with E-state index in [2.05, 4.69) is 11.0 Å². The maximum Gasteiger partial charge on any atom is 0.123 e. The molecule has 0 saturated carbocycles. The van der Waals surface area contributed by atoms with Crippen LogP contribution in [0, 0.1) is 11.3 Å². The van der Waals surface area contributed by atoms with E-state index in [1.54, 1.807) is 12.1 Å². The lowest BCUT2D eigenvalue weighted by Crippen LogP contribution is -2.27. The molecule has 1 rings (SSSR count). The highest BCUT2D eigenvalue weighted by molar-refractivity contribution is 6.42. The summed E-state index contributed by atoms with van der Waals surface area (Å²) >= 11 is 11.8. The molecule has 1 aromatic carbocycles. The SMILES string of the molecule is CCN(CC)[C@@H](C#N)c1ccc(Cl)c(Cl)c1. The maximum absolute atomic E-state index is 9.20. The molecular formula is C12H14Cl2N2. The topological polar surface area (TPSA) is 27.0 Å². The van der Waals surface area contributed by atoms with Crippen molar-refractivity contribution in [1.29, 1.82) is 5.26 Å². The van der Waals surface area contributed by atoms with Gasteiger partial charge in [0.1, 0.15) is 6.04 Å². The molecule has 0 heterocycles. The lowest BCUT2D eigenvalue weighted by molar-refractivity contribution is 0.262. The van der Waals surface area contributed by atoms with Gasteiger partial charge in [-0.3, -0.25) is 4.90 Å². The van der Waals surface area contributed by atoms with Crippen LogP contribution < -0.4 is 0 Å². The van der Waals surface area contributed by atoms with Crippen molar-refractivity contribution < 1.29 is 0 Å². The zero-order valence-electron chi connectivity index (χ0n) is 9.37. The van der Waals surface area contributed by atoms with Crippen molar-refractivity contribution in [3.8, 4) is 6.07 Å². The molecule has 1 atom stereocenters. The smallest absolute Gasteiger partial charge is 0.123 e. The summed E-state index contributed by atoms with van der Waals surface area (Å²) in [6, 6.07) is 7.37. The number of hydrogen-bond donors (Lipinski definition) is 0. The van der Waals surface area contributed by atoms with E-state index in [-0.39, 0.29) is 6.04 Å². The Kier molecular flexibility index (Phi) is 5.08. The number of hydrogen-bond acceptors (Lipinski definition) is 2. The van der Waals surface area contributed by atoms with Crippen molar-refractivity contribution in [1.82, 2.24) is 4.90 Å². The molecule has 0 saturated heterocycles. The van der Waals surface area contributed by atoms with Crippen LogP contribution in [0.1, 0.15) is 25.5 Å². The Morgan fingerprint density at radius 3 is 2.31 bits per heavy atom. The molecule has 2 nitrogen and oxygen atoms in total. The Balaban J connectivity index is 3.05. The highest BCUT2D eigenvalue weighted by Gasteiger charge is 2.17. The van der Waals surface area contributed by atoms with Gasteiger partial charge >= 0.3 is 0 Å². The van der Waals surface area contributed by atoms with Crippen LogP contribution in [0.15, 0.2) is 18.2 Å². The second-order valence-corrected chi connectivity index (χ2v) is 4.24. The Morgan fingerprint density at radius 1 is 1.25 bits per heavy atom. The zero-order valence-corrected chi connectivity index (χ0v) is 10.9. The summed E-state index contributed by atoms with van der Waals surface area (Å²) in [7, 11) is 0. The Morgan fingerprint density at radius 2 is 1.88 bits per heavy atom. The van der Waals surface area contributed by atoms with Crippen LogP contribution in [0.3, 0.4) is 0 Å². The predicted octanol–water partition coefficient (Wildman–Crippen LogP) is 3.90. The summed E-state index contributed by atoms with van der Waals surface area (Å²) < 4.78 is 0. The molecule has 0 N–H and O–H groups in total. The highest BCUT2D eigenvalue weighted by atomic mass is 35.5. The summed E-state index contributed by atoms with van der Waals surface area (Å²) in [6.07, 6.45) is 0. The van der Waals surface area contributed by atoms with Crippen molar-refractivity contribution in [2.45, 2.75) is 19.9 Å². The van der Waals surface area contributed by atoms with Gasteiger partial charge in [-0.1, -0.05) is 43.1 Å². The monoisotopic (exact) mass is 256 g/mol. The second kappa shape index (κ2) is 6.10. The third-order valence-electron chi connectivity index (χ3n) is 2.56. The van der Waals surface area contributed by atoms with Gasteiger partial charge in [-0.15, -0.1) is 0 Å². The van der Waals surface area contributed by atoms with Gasteiger partial charge in [0.15, 0.2) is 0 Å². The fourth-order valence-corrected chi connectivity index (χ4v) is 1.94. The van der Waals surface area contributed by atoms with E-state index in [0.717, 1.165) is 18.7 Å². The normalized spacial score (nSPS) is 12.5. The van der Waals surface area contributed by atoms with Gasteiger partial charge in [0.05, 0.1) is 16.1 Å². The van der Waals surface area contributed by atoms with Crippen LogP contribution in [0.5, 0.6) is 0 Å². The summed E-state index contributed by atoms with van der Waals surface area (Å²) in [5.74, 6) is 0. The predicted molar refractivity (Wildman–Crippen MR) is 67.7 cm³/mol. The van der Waals surface area contributed by atoms with E-state index >= 15 is 0 Å². The molecule has 0 radical (unpaired) electrons. The Hall–Kier alpha value is -0.750. The minimum Gasteiger partial charge on any atom is -0.285 e. The van der Waals surface area contributed by atoms with Crippen molar-refractivity contribution in [3.05, 3.63) is 33.8 Å². The molecule has 0 spiro atoms. The zero-order chi connectivity index (χ0) is 12.1. The van der Waals surface area contributed by atoms with Gasteiger partial charge in [-0.05, 0) is 30.8 Å². The molecule has 0 amide bonds. The van der Waals surface area contributed by atoms with Crippen LogP contribution in [0.2, 0.25) is 10.0 Å². The van der Waals surface area contributed by atoms with Crippen molar-refractivity contribution in [2.75, 3.05) is 13.1 Å². The van der Waals surface area contributed by atoms with Crippen molar-refractivity contribution >= 4 is 23.2 Å². The molecule has 0 aliphatic rings. The van der Waals surface area contributed by atoms with Crippen molar-refractivity contribution in [2.24, 2.45) is 0 Å². The van der Waals surface area contributed by atoms with E-state index in [1.807, 2.05) is 19.9 Å². The number of nitrogens with zero attached hydrogens (tertiary/aromatic N) is 2. The molecule has 0 aliphatic carbocycles. The maximum atomic E-state index is 9.20. The van der Waals surface area contributed by atoms with Gasteiger partial charge in [0.25, 0.3) is 0 Å². The first kappa shape index (κ1) is 13.3. The largest absolute Gasteiger partial charge is 0.285 e. The first-order chi connectivity index (χ1) is 7.63. The van der Waals surface area contributed by atoms with Gasteiger partial charge in [0, 0.05) is 0 Å². The Labute approximate surface area is 106 Å². The second-order valence-electron chi connectivity index (χ2n) is 3.43. The summed E-state index contributed by atoms with van der Waals surface area (Å²) in [5.41, 5.74) is 0.889. The molecule has 1 aromatic rings. The first-order valence-electron chi connectivity index (χ1n) is 5.22. The summed E-state index contributed by atoms with van der Waals surface area (Å²) in [6.45, 7) is 5.72. The molecule has 0 fully saturated rings. The van der Waals surface area contributed by atoms with E-state index in [0.29, 0.717) is 10.0 Å². The number of benzene rings is 1. The number of nitriles is 1. The Bertz CT molecular complexity index is 394. The fourth-order valence-electron chi connectivity index (χ4n) is 1.64. The number of halogens is 2. The molecule has 0 bridgehead atoms. The lowest BCUT2D eigenvalue weighted by atomic mass is 10.1. The van der Waals surface area contributed by atoms with Crippen LogP contribution in [0.25, 0.3) is 0 Å². The van der Waals surface area contributed by atoms with Gasteiger partial charge < -0.3 is 0 Å². The molecule has 0 unspecified atom stereocenters. The lowest BCUT2D eigenvalue weighted by Gasteiger charge is -2.24. The van der Waals surface area contributed by atoms with E-state index in [9.17, 15) is 5.26 Å². The minimum atomic E-state index is -0.259. The van der Waals surface area contributed by atoms with Gasteiger partial charge in [-0.2, -0.15) is 5.26 Å². The third kappa shape index (κ3) is 2.89. The van der Waals surface area contributed by atoms with Crippen LogP contribution in [-0.4, -0.2) is 18.0 Å². The summed E-state index contributed by atoms with van der Waals surface area (Å²) in [5, 5.41) is 10.2. The van der Waals surface area contributed by atoms with E-state index in [1.165, 1.54) is 0 Å². The molecule has 4 heteroatoms. The van der Waals surface area contributed by atoms with Gasteiger partial charge in [-0.25, -0.2) is 0 Å². The molecule has 16 heavy (non-hydrogen) atoms. The third-order valence-corrected chi connectivity index (χ3v) is 3.30. The van der Waals surface area contributed by atoms with Crippen molar-refractivity contribution in [3.63, 3.8) is 0 Å². The van der Waals surface area contributed by atoms with E-state index < -0.39 is 0 Å². The van der Waals surface area contributed by atoms with Crippen LogP contribution >= 0.6 is 23.2 Å². The quantitative estimate of drug-likeness (QED) is 0.817. The van der Waals surface area contributed by atoms with E-state index in [4.69, 9.17) is 23.2 Å². The summed E-state index contributed by atoms with van der Waals surface area (Å²) in [4.78, 5) is 2.07. The van der Waals surface area contributed by atoms with Gasteiger partial charge in [0.2, 0.25) is 0 Å². The fraction of sp³-hybridized carbons (Fsp3) is 0.417. The number of rotatable bonds is 4.